The fourth-order valence-electron chi connectivity index (χ4n) is 8.74. The van der Waals surface area contributed by atoms with Crippen molar-refractivity contribution in [2.24, 2.45) is 0 Å². The summed E-state index contributed by atoms with van der Waals surface area (Å²) in [6.45, 7) is 0. The fraction of sp³-hybridized carbons (Fsp3) is 0. The molecule has 0 bridgehead atoms. The normalized spacial score (nSPS) is 12.2. The molecule has 0 aliphatic heterocycles. The first-order valence-electron chi connectivity index (χ1n) is 16.8. The number of rotatable bonds is 3. The van der Waals surface area contributed by atoms with Crippen molar-refractivity contribution >= 4 is 53.9 Å². The van der Waals surface area contributed by atoms with Gasteiger partial charge < -0.3 is 0 Å². The number of benzene rings is 10. The molecule has 11 rings (SSSR count). The van der Waals surface area contributed by atoms with E-state index in [2.05, 4.69) is 170 Å². The molecule has 0 heteroatoms. The van der Waals surface area contributed by atoms with Crippen molar-refractivity contribution in [2.45, 2.75) is 0 Å². The molecule has 0 atom stereocenters. The van der Waals surface area contributed by atoms with Gasteiger partial charge in [0.05, 0.1) is 0 Å². The molecule has 0 saturated carbocycles. The van der Waals surface area contributed by atoms with Crippen LogP contribution in [0.1, 0.15) is 0 Å². The summed E-state index contributed by atoms with van der Waals surface area (Å²) in [7, 11) is 0. The zero-order valence-corrected chi connectivity index (χ0v) is 26.2. The predicted molar refractivity (Wildman–Crippen MR) is 206 cm³/mol. The van der Waals surface area contributed by atoms with Crippen LogP contribution in [0.25, 0.3) is 109 Å². The Kier molecular flexibility index (Phi) is 5.20. The molecule has 0 unspecified atom stereocenters. The summed E-state index contributed by atoms with van der Waals surface area (Å²) in [5.74, 6) is 0. The monoisotopic (exact) mass is 604 g/mol. The second-order valence-corrected chi connectivity index (χ2v) is 13.2. The maximum absolute atomic E-state index is 2.37. The van der Waals surface area contributed by atoms with Crippen LogP contribution >= 0.6 is 0 Å². The van der Waals surface area contributed by atoms with Crippen molar-refractivity contribution in [3.05, 3.63) is 170 Å². The third-order valence-corrected chi connectivity index (χ3v) is 10.8. The average molecular weight is 605 g/mol. The fourth-order valence-corrected chi connectivity index (χ4v) is 8.74. The standard InChI is InChI=1S/C48H28/c1-2-9-29(10-3-1)34-25-28-41(48-43-18-8-14-30-13-7-17-42(45(30)43)47(34)48)39-27-26-37(35-15-4-5-16-36(35)39)38-23-21-33-20-19-31-11-6-12-32-22-24-40(38)46(33)44(31)32/h1-28H. The largest absolute Gasteiger partial charge is 0.0622 e. The van der Waals surface area contributed by atoms with E-state index < -0.39 is 0 Å². The highest BCUT2D eigenvalue weighted by Crippen LogP contribution is 2.55. The molecule has 1 aliphatic carbocycles. The predicted octanol–water partition coefficient (Wildman–Crippen LogP) is 13.5. The van der Waals surface area contributed by atoms with E-state index in [0.717, 1.165) is 0 Å². The molecular formula is C48H28. The molecule has 48 heavy (non-hydrogen) atoms. The van der Waals surface area contributed by atoms with Gasteiger partial charge in [0.15, 0.2) is 0 Å². The molecule has 0 amide bonds. The van der Waals surface area contributed by atoms with E-state index >= 15 is 0 Å². The van der Waals surface area contributed by atoms with Gasteiger partial charge in [0.25, 0.3) is 0 Å². The van der Waals surface area contributed by atoms with Crippen molar-refractivity contribution in [3.63, 3.8) is 0 Å². The van der Waals surface area contributed by atoms with Crippen LogP contribution in [0.4, 0.5) is 0 Å². The second-order valence-electron chi connectivity index (χ2n) is 13.2. The lowest BCUT2D eigenvalue weighted by Crippen LogP contribution is -1.92. The van der Waals surface area contributed by atoms with E-state index in [-0.39, 0.29) is 0 Å². The Morgan fingerprint density at radius 3 is 1.38 bits per heavy atom. The Morgan fingerprint density at radius 2 is 0.667 bits per heavy atom. The van der Waals surface area contributed by atoms with E-state index in [1.54, 1.807) is 0 Å². The highest BCUT2D eigenvalue weighted by Gasteiger charge is 2.28. The summed E-state index contributed by atoms with van der Waals surface area (Å²) in [6.07, 6.45) is 0. The number of fused-ring (bicyclic) bond motifs is 4. The Morgan fingerprint density at radius 1 is 0.208 bits per heavy atom. The molecule has 0 N–H and O–H groups in total. The van der Waals surface area contributed by atoms with Crippen LogP contribution in [0, 0.1) is 0 Å². The summed E-state index contributed by atoms with van der Waals surface area (Å²) in [5.41, 5.74) is 13.0. The molecule has 0 saturated heterocycles. The van der Waals surface area contributed by atoms with Gasteiger partial charge in [-0.15, -0.1) is 0 Å². The quantitative estimate of drug-likeness (QED) is 0.176. The minimum Gasteiger partial charge on any atom is -0.0622 e. The van der Waals surface area contributed by atoms with Crippen LogP contribution in [0.5, 0.6) is 0 Å². The van der Waals surface area contributed by atoms with Crippen molar-refractivity contribution in [1.29, 1.82) is 0 Å². The molecule has 220 valence electrons. The van der Waals surface area contributed by atoms with Crippen LogP contribution in [0.15, 0.2) is 170 Å². The topological polar surface area (TPSA) is 0 Å². The summed E-state index contributed by atoms with van der Waals surface area (Å²) in [6, 6.07) is 63.2. The number of hydrogen-bond acceptors (Lipinski definition) is 0. The highest BCUT2D eigenvalue weighted by atomic mass is 14.3. The van der Waals surface area contributed by atoms with Crippen LogP contribution in [0.2, 0.25) is 0 Å². The van der Waals surface area contributed by atoms with Crippen molar-refractivity contribution in [3.8, 4) is 55.6 Å². The maximum Gasteiger partial charge on any atom is -0.00137 e. The van der Waals surface area contributed by atoms with Gasteiger partial charge in [0.1, 0.15) is 0 Å². The molecule has 0 nitrogen and oxygen atoms in total. The van der Waals surface area contributed by atoms with Gasteiger partial charge in [0.2, 0.25) is 0 Å². The molecule has 10 aromatic rings. The molecule has 0 aromatic heterocycles. The first-order chi connectivity index (χ1) is 23.8. The van der Waals surface area contributed by atoms with E-state index in [9.17, 15) is 0 Å². The van der Waals surface area contributed by atoms with E-state index in [1.165, 1.54) is 109 Å². The maximum atomic E-state index is 2.37. The van der Waals surface area contributed by atoms with Crippen molar-refractivity contribution in [1.82, 2.24) is 0 Å². The van der Waals surface area contributed by atoms with Gasteiger partial charge in [-0.05, 0) is 109 Å². The third-order valence-electron chi connectivity index (χ3n) is 10.8. The Hall–Kier alpha value is -6.24. The van der Waals surface area contributed by atoms with E-state index in [4.69, 9.17) is 0 Å². The summed E-state index contributed by atoms with van der Waals surface area (Å²) in [5, 5.41) is 13.1. The zero-order chi connectivity index (χ0) is 31.3. The smallest absolute Gasteiger partial charge is 0.00137 e. The molecule has 1 aliphatic rings. The van der Waals surface area contributed by atoms with Crippen LogP contribution in [-0.2, 0) is 0 Å². The first-order valence-corrected chi connectivity index (χ1v) is 16.8. The second kappa shape index (κ2) is 9.64. The lowest BCUT2D eigenvalue weighted by molar-refractivity contribution is 1.60. The van der Waals surface area contributed by atoms with Gasteiger partial charge in [-0.3, -0.25) is 0 Å². The summed E-state index contributed by atoms with van der Waals surface area (Å²) >= 11 is 0. The van der Waals surface area contributed by atoms with Crippen molar-refractivity contribution < 1.29 is 0 Å². The van der Waals surface area contributed by atoms with Gasteiger partial charge in [-0.25, -0.2) is 0 Å². The molecule has 0 fully saturated rings. The minimum absolute atomic E-state index is 1.25. The SMILES string of the molecule is c1ccc(-c2ccc(-c3ccc(-c4ccc5ccc6cccc7ccc4c5c67)c4ccccc34)c3c2-c2cccc4cccc-3c24)cc1. The van der Waals surface area contributed by atoms with Crippen LogP contribution in [0.3, 0.4) is 0 Å². The zero-order valence-electron chi connectivity index (χ0n) is 26.2. The van der Waals surface area contributed by atoms with Gasteiger partial charge >= 0.3 is 0 Å². The van der Waals surface area contributed by atoms with Gasteiger partial charge in [-0.2, -0.15) is 0 Å². The summed E-state index contributed by atoms with van der Waals surface area (Å²) < 4.78 is 0. The third kappa shape index (κ3) is 3.44. The number of hydrogen-bond donors (Lipinski definition) is 0. The van der Waals surface area contributed by atoms with Crippen molar-refractivity contribution in [2.75, 3.05) is 0 Å². The van der Waals surface area contributed by atoms with E-state index in [0.29, 0.717) is 0 Å². The molecule has 10 aromatic carbocycles. The Bertz CT molecular complexity index is 2910. The van der Waals surface area contributed by atoms with Crippen LogP contribution < -0.4 is 0 Å². The Balaban J connectivity index is 1.20. The molecule has 0 radical (unpaired) electrons. The van der Waals surface area contributed by atoms with Gasteiger partial charge in [-0.1, -0.05) is 170 Å². The minimum atomic E-state index is 1.25. The van der Waals surface area contributed by atoms with Gasteiger partial charge in [0, 0.05) is 0 Å². The molecule has 0 spiro atoms. The average Bonchev–Trinajstić information content (AvgIpc) is 3.50. The first kappa shape index (κ1) is 25.9. The molecule has 0 heterocycles. The molecular weight excluding hydrogens is 577 g/mol. The van der Waals surface area contributed by atoms with E-state index in [1.807, 2.05) is 0 Å². The lowest BCUT2D eigenvalue weighted by Gasteiger charge is -2.19. The Labute approximate surface area is 278 Å². The lowest BCUT2D eigenvalue weighted by atomic mass is 9.84. The van der Waals surface area contributed by atoms with Crippen LogP contribution in [-0.4, -0.2) is 0 Å². The summed E-state index contributed by atoms with van der Waals surface area (Å²) in [4.78, 5) is 0. The highest BCUT2D eigenvalue weighted by molar-refractivity contribution is 6.27.